The summed E-state index contributed by atoms with van der Waals surface area (Å²) >= 11 is 0. The Balaban J connectivity index is 1.86. The summed E-state index contributed by atoms with van der Waals surface area (Å²) in [4.78, 5) is 27.2. The van der Waals surface area contributed by atoms with Crippen LogP contribution >= 0.6 is 0 Å². The molecule has 1 saturated heterocycles. The van der Waals surface area contributed by atoms with Crippen LogP contribution in [-0.4, -0.2) is 25.4 Å². The Morgan fingerprint density at radius 2 is 1.59 bits per heavy atom. The third-order valence-electron chi connectivity index (χ3n) is 4.61. The summed E-state index contributed by atoms with van der Waals surface area (Å²) in [6, 6.07) is 14.1. The molecule has 8 heteroatoms. The van der Waals surface area contributed by atoms with Gasteiger partial charge in [0.2, 0.25) is 0 Å². The largest absolute Gasteiger partial charge is 0.341 e. The first-order valence-electron chi connectivity index (χ1n) is 8.50. The molecule has 27 heavy (non-hydrogen) atoms. The molecular weight excluding hydrogens is 366 g/mol. The fourth-order valence-corrected chi connectivity index (χ4v) is 3.90. The van der Waals surface area contributed by atoms with Crippen LogP contribution in [-0.2, 0) is 20.4 Å². The van der Waals surface area contributed by atoms with Gasteiger partial charge in [-0.2, -0.15) is 5.01 Å². The molecule has 1 fully saturated rings. The molecule has 0 aliphatic carbocycles. The maximum atomic E-state index is 12.8. The predicted octanol–water partition coefficient (Wildman–Crippen LogP) is 2.47. The van der Waals surface area contributed by atoms with Gasteiger partial charge < -0.3 is 5.32 Å². The molecule has 0 saturated carbocycles. The maximum absolute atomic E-state index is 12.8. The number of carbonyl (C=O) groups is 2. The van der Waals surface area contributed by atoms with Gasteiger partial charge >= 0.3 is 6.03 Å². The Kier molecular flexibility index (Phi) is 4.79. The summed E-state index contributed by atoms with van der Waals surface area (Å²) in [6.45, 7) is 5.53. The highest BCUT2D eigenvalue weighted by Gasteiger charge is 2.50. The van der Waals surface area contributed by atoms with E-state index in [1.807, 2.05) is 13.8 Å². The van der Waals surface area contributed by atoms with Crippen LogP contribution in [0.4, 0.5) is 4.79 Å². The van der Waals surface area contributed by atoms with E-state index in [0.29, 0.717) is 10.6 Å². The second kappa shape index (κ2) is 6.79. The number of hydrogen-bond donors (Lipinski definition) is 2. The smallest absolute Gasteiger partial charge is 0.318 e. The zero-order chi connectivity index (χ0) is 19.8. The van der Waals surface area contributed by atoms with Crippen molar-refractivity contribution in [3.05, 3.63) is 65.7 Å². The molecule has 142 valence electrons. The lowest BCUT2D eigenvalue weighted by Crippen LogP contribution is -2.47. The monoisotopic (exact) mass is 387 g/mol. The molecule has 1 unspecified atom stereocenters. The second-order valence-corrected chi connectivity index (χ2v) is 8.54. The fourth-order valence-electron chi connectivity index (χ4n) is 2.89. The number of amides is 3. The number of carbonyl (C=O) groups excluding carboxylic acids is 2. The number of nitrogens with zero attached hydrogens (tertiary/aromatic N) is 1. The molecule has 0 bridgehead atoms. The molecule has 3 rings (SSSR count). The molecule has 3 amide bonds. The molecule has 0 radical (unpaired) electrons. The van der Waals surface area contributed by atoms with Crippen LogP contribution < -0.4 is 10.1 Å². The molecule has 7 nitrogen and oxygen atoms in total. The highest BCUT2D eigenvalue weighted by Crippen LogP contribution is 2.28. The maximum Gasteiger partial charge on any atom is 0.341 e. The Bertz CT molecular complexity index is 972. The van der Waals surface area contributed by atoms with Gasteiger partial charge in [0.1, 0.15) is 5.54 Å². The number of imide groups is 1. The number of urea groups is 1. The molecule has 0 aromatic heterocycles. The number of benzene rings is 2. The van der Waals surface area contributed by atoms with Crippen molar-refractivity contribution in [2.45, 2.75) is 37.1 Å². The van der Waals surface area contributed by atoms with Gasteiger partial charge in [0.25, 0.3) is 15.9 Å². The minimum atomic E-state index is -4.09. The van der Waals surface area contributed by atoms with E-state index in [9.17, 15) is 18.0 Å². The van der Waals surface area contributed by atoms with E-state index in [0.717, 1.165) is 5.56 Å². The molecular formula is C19H21N3O4S. The van der Waals surface area contributed by atoms with Crippen molar-refractivity contribution in [1.29, 1.82) is 0 Å². The van der Waals surface area contributed by atoms with Crippen LogP contribution in [0, 0.1) is 0 Å². The molecule has 1 heterocycles. The second-order valence-electron chi connectivity index (χ2n) is 6.88. The Morgan fingerprint density at radius 3 is 2.15 bits per heavy atom. The molecule has 1 atom stereocenters. The van der Waals surface area contributed by atoms with Gasteiger partial charge in [-0.05, 0) is 36.1 Å². The number of hydrazine groups is 1. The van der Waals surface area contributed by atoms with Crippen LogP contribution in [0.25, 0.3) is 0 Å². The van der Waals surface area contributed by atoms with E-state index in [1.165, 1.54) is 19.1 Å². The summed E-state index contributed by atoms with van der Waals surface area (Å²) in [5.41, 5.74) is 0.203. The lowest BCUT2D eigenvalue weighted by molar-refractivity contribution is -0.132. The van der Waals surface area contributed by atoms with Gasteiger partial charge in [-0.25, -0.2) is 13.2 Å². The average Bonchev–Trinajstić information content (AvgIpc) is 2.86. The fraction of sp³-hybridized carbons (Fsp3) is 0.263. The third-order valence-corrected chi connectivity index (χ3v) is 5.93. The van der Waals surface area contributed by atoms with Crippen molar-refractivity contribution in [2.24, 2.45) is 0 Å². The van der Waals surface area contributed by atoms with Crippen LogP contribution in [0.3, 0.4) is 0 Å². The minimum absolute atomic E-state index is 0.0270. The summed E-state index contributed by atoms with van der Waals surface area (Å²) in [5, 5.41) is 3.07. The summed E-state index contributed by atoms with van der Waals surface area (Å²) in [7, 11) is -4.09. The first-order chi connectivity index (χ1) is 12.6. The topological polar surface area (TPSA) is 95.6 Å². The highest BCUT2D eigenvalue weighted by atomic mass is 32.2. The SMILES string of the molecule is CC(C)c1ccc(S(=O)(=O)NN2C(=O)NC(C)(c3ccccc3)C2=O)cc1. The normalized spacial score (nSPS) is 20.2. The summed E-state index contributed by atoms with van der Waals surface area (Å²) in [5.74, 6) is -0.437. The Labute approximate surface area is 158 Å². The Morgan fingerprint density at radius 1 is 1.00 bits per heavy atom. The summed E-state index contributed by atoms with van der Waals surface area (Å²) in [6.07, 6.45) is 0. The van der Waals surface area contributed by atoms with E-state index in [-0.39, 0.29) is 10.8 Å². The zero-order valence-electron chi connectivity index (χ0n) is 15.3. The van der Waals surface area contributed by atoms with Crippen LogP contribution in [0.5, 0.6) is 0 Å². The van der Waals surface area contributed by atoms with Crippen molar-refractivity contribution in [3.63, 3.8) is 0 Å². The highest BCUT2D eigenvalue weighted by molar-refractivity contribution is 7.89. The quantitative estimate of drug-likeness (QED) is 0.771. The zero-order valence-corrected chi connectivity index (χ0v) is 16.1. The van der Waals surface area contributed by atoms with Gasteiger partial charge in [-0.15, -0.1) is 4.83 Å². The number of nitrogens with one attached hydrogen (secondary N) is 2. The van der Waals surface area contributed by atoms with Crippen molar-refractivity contribution in [1.82, 2.24) is 15.2 Å². The molecule has 1 aliphatic rings. The lowest BCUT2D eigenvalue weighted by atomic mass is 9.92. The number of hydrogen-bond acceptors (Lipinski definition) is 4. The van der Waals surface area contributed by atoms with E-state index in [1.54, 1.807) is 42.5 Å². The average molecular weight is 387 g/mol. The number of rotatable bonds is 5. The molecule has 0 spiro atoms. The van der Waals surface area contributed by atoms with Gasteiger partial charge in [-0.3, -0.25) is 4.79 Å². The van der Waals surface area contributed by atoms with Gasteiger partial charge in [0.15, 0.2) is 0 Å². The first kappa shape index (κ1) is 19.1. The van der Waals surface area contributed by atoms with E-state index in [4.69, 9.17) is 0 Å². The van der Waals surface area contributed by atoms with Crippen molar-refractivity contribution in [2.75, 3.05) is 0 Å². The third kappa shape index (κ3) is 3.45. The van der Waals surface area contributed by atoms with Crippen LogP contribution in [0.15, 0.2) is 59.5 Å². The van der Waals surface area contributed by atoms with E-state index in [2.05, 4.69) is 10.1 Å². The molecule has 2 aromatic carbocycles. The van der Waals surface area contributed by atoms with E-state index < -0.39 is 27.5 Å². The van der Waals surface area contributed by atoms with Crippen molar-refractivity contribution in [3.8, 4) is 0 Å². The van der Waals surface area contributed by atoms with Crippen LogP contribution in [0.2, 0.25) is 0 Å². The van der Waals surface area contributed by atoms with Crippen LogP contribution in [0.1, 0.15) is 37.8 Å². The molecule has 2 aromatic rings. The Hall–Kier alpha value is -2.71. The van der Waals surface area contributed by atoms with Gasteiger partial charge in [0.05, 0.1) is 4.90 Å². The number of sulfonamides is 1. The van der Waals surface area contributed by atoms with E-state index >= 15 is 0 Å². The van der Waals surface area contributed by atoms with Crippen molar-refractivity contribution >= 4 is 22.0 Å². The van der Waals surface area contributed by atoms with Crippen molar-refractivity contribution < 1.29 is 18.0 Å². The molecule has 2 N–H and O–H groups in total. The minimum Gasteiger partial charge on any atom is -0.318 e. The predicted molar refractivity (Wildman–Crippen MR) is 100 cm³/mol. The first-order valence-corrected chi connectivity index (χ1v) is 9.98. The molecule has 1 aliphatic heterocycles. The van der Waals surface area contributed by atoms with Gasteiger partial charge in [-0.1, -0.05) is 56.3 Å². The lowest BCUT2D eigenvalue weighted by Gasteiger charge is -2.22. The standard InChI is InChI=1S/C19H21N3O4S/c1-13(2)14-9-11-16(12-10-14)27(25,26)21-22-17(23)19(3,20-18(22)24)15-7-5-4-6-8-15/h4-13,21H,1-3H3,(H,20,24). The van der Waals surface area contributed by atoms with Gasteiger partial charge in [0, 0.05) is 0 Å². The summed E-state index contributed by atoms with van der Waals surface area (Å²) < 4.78 is 25.2.